The van der Waals surface area contributed by atoms with Gasteiger partial charge >= 0.3 is 0 Å². The monoisotopic (exact) mass is 558 g/mol. The van der Waals surface area contributed by atoms with E-state index in [9.17, 15) is 9.59 Å². The van der Waals surface area contributed by atoms with Crippen LogP contribution in [0.4, 0.5) is 0 Å². The standard InChI is InChI=1S/C29H36Cl2N4O3/c1-6-38-24-15-23-22(13-20(24)27(36)32-12-11-17-7-8-17)34-25(35(23)5)14-19-21(30)10-9-18(26(19)31)16-33-28(37)29(2,3)4/h9-10,13,15,17H,6-8,11-12,14,16H2,1-5H3,(H,32,36)(H,33,37). The van der Waals surface area contributed by atoms with E-state index in [4.69, 9.17) is 32.9 Å². The number of aromatic nitrogens is 2. The first-order valence-corrected chi connectivity index (χ1v) is 13.9. The van der Waals surface area contributed by atoms with Gasteiger partial charge < -0.3 is 19.9 Å². The number of carbonyl (C=O) groups is 2. The van der Waals surface area contributed by atoms with E-state index in [1.165, 1.54) is 12.8 Å². The van der Waals surface area contributed by atoms with E-state index < -0.39 is 5.41 Å². The Morgan fingerprint density at radius 1 is 1.16 bits per heavy atom. The van der Waals surface area contributed by atoms with Crippen molar-refractivity contribution in [2.24, 2.45) is 18.4 Å². The van der Waals surface area contributed by atoms with Gasteiger partial charge in [-0.2, -0.15) is 0 Å². The first-order chi connectivity index (χ1) is 18.0. The minimum atomic E-state index is -0.498. The molecular formula is C29H36Cl2N4O3. The highest BCUT2D eigenvalue weighted by Crippen LogP contribution is 2.33. The molecule has 204 valence electrons. The maximum absolute atomic E-state index is 13.0. The van der Waals surface area contributed by atoms with E-state index in [2.05, 4.69) is 10.6 Å². The summed E-state index contributed by atoms with van der Waals surface area (Å²) in [7, 11) is 1.92. The summed E-state index contributed by atoms with van der Waals surface area (Å²) in [6.07, 6.45) is 3.90. The molecule has 0 aliphatic heterocycles. The van der Waals surface area contributed by atoms with Gasteiger partial charge in [-0.15, -0.1) is 0 Å². The van der Waals surface area contributed by atoms with Crippen LogP contribution in [0.15, 0.2) is 24.3 Å². The second-order valence-corrected chi connectivity index (χ2v) is 11.7. The predicted molar refractivity (Wildman–Crippen MR) is 152 cm³/mol. The van der Waals surface area contributed by atoms with E-state index in [1.54, 1.807) is 12.1 Å². The van der Waals surface area contributed by atoms with E-state index in [1.807, 2.05) is 51.4 Å². The predicted octanol–water partition coefficient (Wildman–Crippen LogP) is 6.06. The number of hydrogen-bond donors (Lipinski definition) is 2. The Bertz CT molecular complexity index is 1360. The summed E-state index contributed by atoms with van der Waals surface area (Å²) in [5.41, 5.74) is 3.04. The maximum Gasteiger partial charge on any atom is 0.255 e. The third-order valence-corrected chi connectivity index (χ3v) is 7.70. The number of nitrogens with zero attached hydrogens (tertiary/aromatic N) is 2. The molecule has 4 rings (SSSR count). The minimum Gasteiger partial charge on any atom is -0.493 e. The van der Waals surface area contributed by atoms with Crippen LogP contribution in [0.5, 0.6) is 5.75 Å². The van der Waals surface area contributed by atoms with Crippen LogP contribution < -0.4 is 15.4 Å². The SMILES string of the molecule is CCOc1cc2c(cc1C(=O)NCCC1CC1)nc(Cc1c(Cl)ccc(CNC(=O)C(C)(C)C)c1Cl)n2C. The molecule has 2 amide bonds. The van der Waals surface area contributed by atoms with Crippen LogP contribution in [0.25, 0.3) is 11.0 Å². The summed E-state index contributed by atoms with van der Waals surface area (Å²) in [5.74, 6) is 1.81. The van der Waals surface area contributed by atoms with Crippen molar-refractivity contribution in [3.8, 4) is 5.75 Å². The molecule has 0 bridgehead atoms. The van der Waals surface area contributed by atoms with Crippen molar-refractivity contribution in [3.63, 3.8) is 0 Å². The second-order valence-electron chi connectivity index (χ2n) is 11.0. The van der Waals surface area contributed by atoms with Gasteiger partial charge in [-0.25, -0.2) is 4.98 Å². The van der Waals surface area contributed by atoms with Crippen LogP contribution in [0, 0.1) is 11.3 Å². The molecule has 2 N–H and O–H groups in total. The van der Waals surface area contributed by atoms with Crippen molar-refractivity contribution < 1.29 is 14.3 Å². The first kappa shape index (κ1) is 28.2. The van der Waals surface area contributed by atoms with Gasteiger partial charge in [0.2, 0.25) is 5.91 Å². The number of benzene rings is 2. The van der Waals surface area contributed by atoms with Crippen molar-refractivity contribution in [2.45, 2.75) is 59.9 Å². The number of ether oxygens (including phenoxy) is 1. The lowest BCUT2D eigenvalue weighted by Crippen LogP contribution is -2.34. The lowest BCUT2D eigenvalue weighted by molar-refractivity contribution is -0.128. The number of aryl methyl sites for hydroxylation is 1. The number of nitrogens with one attached hydrogen (secondary N) is 2. The van der Waals surface area contributed by atoms with Crippen molar-refractivity contribution in [1.82, 2.24) is 20.2 Å². The molecule has 9 heteroatoms. The van der Waals surface area contributed by atoms with Gasteiger partial charge in [0.25, 0.3) is 5.91 Å². The maximum atomic E-state index is 13.0. The summed E-state index contributed by atoms with van der Waals surface area (Å²) < 4.78 is 7.80. The minimum absolute atomic E-state index is 0.0575. The molecule has 0 radical (unpaired) electrons. The zero-order chi connectivity index (χ0) is 27.6. The van der Waals surface area contributed by atoms with E-state index >= 15 is 0 Å². The quantitative estimate of drug-likeness (QED) is 0.316. The molecule has 3 aromatic rings. The average Bonchev–Trinajstić information content (AvgIpc) is 3.64. The summed E-state index contributed by atoms with van der Waals surface area (Å²) in [6, 6.07) is 7.28. The topological polar surface area (TPSA) is 85.2 Å². The van der Waals surface area contributed by atoms with Gasteiger partial charge in [0.05, 0.1) is 28.2 Å². The molecule has 1 fully saturated rings. The van der Waals surface area contributed by atoms with Crippen LogP contribution in [0.3, 0.4) is 0 Å². The Labute approximate surface area is 234 Å². The normalized spacial score (nSPS) is 13.6. The number of amides is 2. The molecule has 0 saturated heterocycles. The molecule has 1 aliphatic rings. The van der Waals surface area contributed by atoms with Crippen LogP contribution in [-0.4, -0.2) is 34.5 Å². The van der Waals surface area contributed by atoms with E-state index in [0.717, 1.165) is 34.8 Å². The van der Waals surface area contributed by atoms with Gasteiger partial charge in [0.15, 0.2) is 0 Å². The Kier molecular flexibility index (Phi) is 8.58. The summed E-state index contributed by atoms with van der Waals surface area (Å²) >= 11 is 13.3. The third-order valence-electron chi connectivity index (χ3n) is 6.88. The smallest absolute Gasteiger partial charge is 0.255 e. The van der Waals surface area contributed by atoms with E-state index in [-0.39, 0.29) is 11.8 Å². The lowest BCUT2D eigenvalue weighted by Gasteiger charge is -2.18. The fraction of sp³-hybridized carbons (Fsp3) is 0.483. The molecule has 1 aliphatic carbocycles. The average molecular weight is 560 g/mol. The summed E-state index contributed by atoms with van der Waals surface area (Å²) in [4.78, 5) is 30.1. The van der Waals surface area contributed by atoms with Crippen molar-refractivity contribution >= 4 is 46.0 Å². The molecule has 1 heterocycles. The Hall–Kier alpha value is -2.77. The van der Waals surface area contributed by atoms with Crippen LogP contribution in [0.2, 0.25) is 10.0 Å². The third kappa shape index (κ3) is 6.44. The molecule has 0 atom stereocenters. The van der Waals surface area contributed by atoms with Gasteiger partial charge in [0.1, 0.15) is 11.6 Å². The largest absolute Gasteiger partial charge is 0.493 e. The van der Waals surface area contributed by atoms with Crippen LogP contribution >= 0.6 is 23.2 Å². The molecule has 7 nitrogen and oxygen atoms in total. The number of hydrogen-bond acceptors (Lipinski definition) is 4. The van der Waals surface area contributed by atoms with Gasteiger partial charge in [-0.05, 0) is 42.5 Å². The first-order valence-electron chi connectivity index (χ1n) is 13.1. The summed E-state index contributed by atoms with van der Waals surface area (Å²) in [5, 5.41) is 7.00. The zero-order valence-electron chi connectivity index (χ0n) is 22.7. The van der Waals surface area contributed by atoms with Gasteiger partial charge in [-0.1, -0.05) is 62.9 Å². The second kappa shape index (κ2) is 11.5. The molecule has 1 saturated carbocycles. The number of halogens is 2. The molecule has 38 heavy (non-hydrogen) atoms. The highest BCUT2D eigenvalue weighted by atomic mass is 35.5. The number of imidazole rings is 1. The number of rotatable bonds is 10. The van der Waals surface area contributed by atoms with Crippen molar-refractivity contribution in [3.05, 3.63) is 56.8 Å². The highest BCUT2D eigenvalue weighted by molar-refractivity contribution is 6.36. The van der Waals surface area contributed by atoms with Crippen molar-refractivity contribution in [1.29, 1.82) is 0 Å². The summed E-state index contributed by atoms with van der Waals surface area (Å²) in [6.45, 7) is 8.90. The van der Waals surface area contributed by atoms with Crippen LogP contribution in [-0.2, 0) is 24.8 Å². The number of carbonyl (C=O) groups excluding carboxylic acids is 2. The molecular weight excluding hydrogens is 523 g/mol. The Morgan fingerprint density at radius 2 is 1.89 bits per heavy atom. The molecule has 2 aromatic carbocycles. The van der Waals surface area contributed by atoms with E-state index in [0.29, 0.717) is 53.0 Å². The highest BCUT2D eigenvalue weighted by Gasteiger charge is 2.24. The van der Waals surface area contributed by atoms with Gasteiger partial charge in [0, 0.05) is 43.1 Å². The molecule has 1 aromatic heterocycles. The fourth-order valence-electron chi connectivity index (χ4n) is 4.31. The number of fused-ring (bicyclic) bond motifs is 1. The van der Waals surface area contributed by atoms with Gasteiger partial charge in [-0.3, -0.25) is 9.59 Å². The van der Waals surface area contributed by atoms with Crippen LogP contribution in [0.1, 0.15) is 74.3 Å². The fourth-order valence-corrected chi connectivity index (χ4v) is 4.89. The zero-order valence-corrected chi connectivity index (χ0v) is 24.2. The molecule has 0 unspecified atom stereocenters. The Balaban J connectivity index is 1.60. The molecule has 0 spiro atoms. The van der Waals surface area contributed by atoms with Crippen molar-refractivity contribution in [2.75, 3.05) is 13.2 Å². The Morgan fingerprint density at radius 3 is 2.55 bits per heavy atom. The lowest BCUT2D eigenvalue weighted by atomic mass is 9.95.